The summed E-state index contributed by atoms with van der Waals surface area (Å²) < 4.78 is 26.7. The van der Waals surface area contributed by atoms with Crippen molar-refractivity contribution in [3.63, 3.8) is 0 Å². The lowest BCUT2D eigenvalue weighted by molar-refractivity contribution is -0.122. The van der Waals surface area contributed by atoms with E-state index in [0.717, 1.165) is 12.8 Å². The second-order valence-electron chi connectivity index (χ2n) is 4.41. The van der Waals surface area contributed by atoms with Crippen molar-refractivity contribution in [3.8, 4) is 0 Å². The summed E-state index contributed by atoms with van der Waals surface area (Å²) in [5.41, 5.74) is 0. The Balaban J connectivity index is 2.16. The molecule has 1 fully saturated rings. The molecule has 2 rings (SSSR count). The minimum atomic E-state index is -3.70. The fourth-order valence-corrected chi connectivity index (χ4v) is 3.28. The third kappa shape index (κ3) is 3.68. The van der Waals surface area contributed by atoms with Crippen LogP contribution in [0.2, 0.25) is 5.02 Å². The summed E-state index contributed by atoms with van der Waals surface area (Å²) >= 11 is 5.72. The fraction of sp³-hybridized carbons (Fsp3) is 0.417. The molecule has 1 aromatic rings. The normalized spacial score (nSPS) is 20.7. The zero-order chi connectivity index (χ0) is 13.9. The van der Waals surface area contributed by atoms with Crippen molar-refractivity contribution in [2.75, 3.05) is 6.54 Å². The highest BCUT2D eigenvalue weighted by Gasteiger charge is 2.26. The van der Waals surface area contributed by atoms with Gasteiger partial charge in [-0.2, -0.15) is 4.72 Å². The molecule has 0 aromatic heterocycles. The highest BCUT2D eigenvalue weighted by molar-refractivity contribution is 7.89. The third-order valence-electron chi connectivity index (χ3n) is 2.96. The molecule has 19 heavy (non-hydrogen) atoms. The van der Waals surface area contributed by atoms with Crippen LogP contribution in [-0.4, -0.2) is 26.9 Å². The first-order valence-electron chi connectivity index (χ1n) is 6.05. The van der Waals surface area contributed by atoms with Gasteiger partial charge < -0.3 is 5.32 Å². The standard InChI is InChI=1S/C12H15ClN2O3S/c13-9-4-6-10(7-5-9)19(17,18)15-11-3-1-2-8-14-12(11)16/h4-7,11,15H,1-3,8H2,(H,14,16)/t11-/m0/s1. The molecule has 7 heteroatoms. The zero-order valence-electron chi connectivity index (χ0n) is 10.2. The zero-order valence-corrected chi connectivity index (χ0v) is 11.8. The Labute approximate surface area is 117 Å². The highest BCUT2D eigenvalue weighted by Crippen LogP contribution is 2.15. The summed E-state index contributed by atoms with van der Waals surface area (Å²) in [5, 5.41) is 3.15. The van der Waals surface area contributed by atoms with Crippen LogP contribution in [0.15, 0.2) is 29.2 Å². The summed E-state index contributed by atoms with van der Waals surface area (Å²) in [6.45, 7) is 0.595. The number of sulfonamides is 1. The second kappa shape index (κ2) is 5.90. The number of hydrogen-bond acceptors (Lipinski definition) is 3. The lowest BCUT2D eigenvalue weighted by Gasteiger charge is -2.15. The Morgan fingerprint density at radius 3 is 2.58 bits per heavy atom. The van der Waals surface area contributed by atoms with E-state index in [1.54, 1.807) is 0 Å². The highest BCUT2D eigenvalue weighted by atomic mass is 35.5. The van der Waals surface area contributed by atoms with Gasteiger partial charge in [0.25, 0.3) is 0 Å². The summed E-state index contributed by atoms with van der Waals surface area (Å²) in [4.78, 5) is 11.8. The van der Waals surface area contributed by atoms with Gasteiger partial charge in [0.15, 0.2) is 0 Å². The predicted octanol–water partition coefficient (Wildman–Crippen LogP) is 1.29. The second-order valence-corrected chi connectivity index (χ2v) is 6.57. The Morgan fingerprint density at radius 2 is 1.89 bits per heavy atom. The Hall–Kier alpha value is -1.11. The van der Waals surface area contributed by atoms with Crippen LogP contribution in [-0.2, 0) is 14.8 Å². The maximum Gasteiger partial charge on any atom is 0.241 e. The quantitative estimate of drug-likeness (QED) is 0.883. The van der Waals surface area contributed by atoms with Gasteiger partial charge in [-0.25, -0.2) is 8.42 Å². The molecule has 5 nitrogen and oxygen atoms in total. The molecule has 1 aromatic carbocycles. The van der Waals surface area contributed by atoms with Gasteiger partial charge in [-0.3, -0.25) is 4.79 Å². The number of amides is 1. The molecule has 0 saturated carbocycles. The molecule has 104 valence electrons. The van der Waals surface area contributed by atoms with E-state index in [4.69, 9.17) is 11.6 Å². The van der Waals surface area contributed by atoms with Gasteiger partial charge in [0, 0.05) is 11.6 Å². The molecule has 1 aliphatic heterocycles. The van der Waals surface area contributed by atoms with Crippen LogP contribution in [0.3, 0.4) is 0 Å². The average Bonchev–Trinajstić information content (AvgIpc) is 2.55. The van der Waals surface area contributed by atoms with E-state index < -0.39 is 16.1 Å². The minimum absolute atomic E-state index is 0.106. The van der Waals surface area contributed by atoms with Crippen molar-refractivity contribution in [2.45, 2.75) is 30.2 Å². The van der Waals surface area contributed by atoms with Gasteiger partial charge in [-0.1, -0.05) is 11.6 Å². The summed E-state index contributed by atoms with van der Waals surface area (Å²) in [7, 11) is -3.70. The van der Waals surface area contributed by atoms with Crippen molar-refractivity contribution < 1.29 is 13.2 Å². The van der Waals surface area contributed by atoms with E-state index >= 15 is 0 Å². The first-order valence-corrected chi connectivity index (χ1v) is 7.91. The van der Waals surface area contributed by atoms with Gasteiger partial charge in [0.05, 0.1) is 4.90 Å². The fourth-order valence-electron chi connectivity index (χ4n) is 1.92. The lowest BCUT2D eigenvalue weighted by atomic mass is 10.1. The Bertz CT molecular complexity index is 557. The van der Waals surface area contributed by atoms with E-state index in [0.29, 0.717) is 18.0 Å². The molecule has 0 radical (unpaired) electrons. The number of benzene rings is 1. The minimum Gasteiger partial charge on any atom is -0.355 e. The van der Waals surface area contributed by atoms with E-state index in [1.807, 2.05) is 0 Å². The van der Waals surface area contributed by atoms with Crippen molar-refractivity contribution in [1.29, 1.82) is 0 Å². The maximum atomic E-state index is 12.1. The first kappa shape index (κ1) is 14.3. The van der Waals surface area contributed by atoms with E-state index in [1.165, 1.54) is 24.3 Å². The number of carbonyl (C=O) groups is 1. The monoisotopic (exact) mass is 302 g/mol. The molecule has 0 unspecified atom stereocenters. The average molecular weight is 303 g/mol. The number of rotatable bonds is 3. The third-order valence-corrected chi connectivity index (χ3v) is 4.70. The smallest absolute Gasteiger partial charge is 0.241 e. The molecule has 1 saturated heterocycles. The molecule has 1 atom stereocenters. The Kier molecular flexibility index (Phi) is 4.44. The molecule has 1 amide bonds. The van der Waals surface area contributed by atoms with Crippen LogP contribution in [0.1, 0.15) is 19.3 Å². The Morgan fingerprint density at radius 1 is 1.21 bits per heavy atom. The topological polar surface area (TPSA) is 75.3 Å². The molecule has 0 spiro atoms. The van der Waals surface area contributed by atoms with Crippen molar-refractivity contribution >= 4 is 27.5 Å². The number of carbonyl (C=O) groups excluding carboxylic acids is 1. The van der Waals surface area contributed by atoms with Crippen LogP contribution >= 0.6 is 11.6 Å². The molecule has 0 bridgehead atoms. The van der Waals surface area contributed by atoms with Crippen LogP contribution in [0, 0.1) is 0 Å². The molecule has 1 aliphatic rings. The van der Waals surface area contributed by atoms with Crippen molar-refractivity contribution in [3.05, 3.63) is 29.3 Å². The summed E-state index contributed by atoms with van der Waals surface area (Å²) in [6.07, 6.45) is 2.19. The van der Waals surface area contributed by atoms with E-state index in [9.17, 15) is 13.2 Å². The van der Waals surface area contributed by atoms with Gasteiger partial charge in [0.2, 0.25) is 15.9 Å². The van der Waals surface area contributed by atoms with Gasteiger partial charge >= 0.3 is 0 Å². The van der Waals surface area contributed by atoms with Crippen molar-refractivity contribution in [1.82, 2.24) is 10.0 Å². The van der Waals surface area contributed by atoms with Crippen LogP contribution in [0.25, 0.3) is 0 Å². The lowest BCUT2D eigenvalue weighted by Crippen LogP contribution is -2.45. The molecule has 1 heterocycles. The van der Waals surface area contributed by atoms with E-state index in [2.05, 4.69) is 10.0 Å². The number of hydrogen-bond donors (Lipinski definition) is 2. The van der Waals surface area contributed by atoms with Crippen molar-refractivity contribution in [2.24, 2.45) is 0 Å². The maximum absolute atomic E-state index is 12.1. The number of nitrogens with one attached hydrogen (secondary N) is 2. The number of halogens is 1. The first-order chi connectivity index (χ1) is 8.99. The van der Waals surface area contributed by atoms with E-state index in [-0.39, 0.29) is 10.8 Å². The molecule has 2 N–H and O–H groups in total. The van der Waals surface area contributed by atoms with Crippen LogP contribution in [0.4, 0.5) is 0 Å². The summed E-state index contributed by atoms with van der Waals surface area (Å²) in [5.74, 6) is -0.268. The molecular formula is C12H15ClN2O3S. The van der Waals surface area contributed by atoms with Crippen LogP contribution < -0.4 is 10.0 Å². The van der Waals surface area contributed by atoms with Crippen LogP contribution in [0.5, 0.6) is 0 Å². The molecular weight excluding hydrogens is 288 g/mol. The SMILES string of the molecule is O=C1NCCCC[C@@H]1NS(=O)(=O)c1ccc(Cl)cc1. The predicted molar refractivity (Wildman–Crippen MR) is 72.4 cm³/mol. The van der Waals surface area contributed by atoms with Gasteiger partial charge in [0.1, 0.15) is 6.04 Å². The molecule has 0 aliphatic carbocycles. The van der Waals surface area contributed by atoms with Gasteiger partial charge in [-0.05, 0) is 43.5 Å². The summed E-state index contributed by atoms with van der Waals surface area (Å²) in [6, 6.07) is 5.13. The van der Waals surface area contributed by atoms with Gasteiger partial charge in [-0.15, -0.1) is 0 Å². The largest absolute Gasteiger partial charge is 0.355 e.